The second-order valence-corrected chi connectivity index (χ2v) is 4.73. The third-order valence-electron chi connectivity index (χ3n) is 2.85. The van der Waals surface area contributed by atoms with Crippen molar-refractivity contribution < 1.29 is 4.74 Å². The summed E-state index contributed by atoms with van der Waals surface area (Å²) in [6.07, 6.45) is 0. The van der Waals surface area contributed by atoms with Crippen molar-refractivity contribution in [3.8, 4) is 17.7 Å². The van der Waals surface area contributed by atoms with Gasteiger partial charge in [-0.1, -0.05) is 19.9 Å². The minimum absolute atomic E-state index is 0.281. The third-order valence-corrected chi connectivity index (χ3v) is 2.85. The van der Waals surface area contributed by atoms with Crippen LogP contribution < -0.4 is 4.74 Å². The fourth-order valence-electron chi connectivity index (χ4n) is 1.88. The summed E-state index contributed by atoms with van der Waals surface area (Å²) in [5.41, 5.74) is 2.60. The smallest absolute Gasteiger partial charge is 0.219 e. The molecule has 0 fully saturated rings. The Morgan fingerprint density at radius 1 is 1.21 bits per heavy atom. The highest BCUT2D eigenvalue weighted by Gasteiger charge is 2.09. The first-order valence-electron chi connectivity index (χ1n) is 6.25. The molecule has 1 aromatic heterocycles. The minimum atomic E-state index is 0.281. The Kier molecular flexibility index (Phi) is 3.82. The van der Waals surface area contributed by atoms with E-state index in [2.05, 4.69) is 24.9 Å². The van der Waals surface area contributed by atoms with E-state index >= 15 is 0 Å². The van der Waals surface area contributed by atoms with Gasteiger partial charge in [0, 0.05) is 11.8 Å². The number of pyridine rings is 1. The molecule has 1 heterocycles. The lowest BCUT2D eigenvalue weighted by molar-refractivity contribution is 0.460. The van der Waals surface area contributed by atoms with E-state index in [4.69, 9.17) is 10.00 Å². The Hall–Kier alpha value is -2.34. The lowest BCUT2D eigenvalue weighted by Gasteiger charge is -2.11. The standard InChI is InChI=1S/C16H16N2O/c1-11(2)15-9-14(8-7-13(15)10-17)19-16-6-4-5-12(3)18-16/h4-9,11H,1-3H3. The van der Waals surface area contributed by atoms with Crippen molar-refractivity contribution in [3.05, 3.63) is 53.2 Å². The van der Waals surface area contributed by atoms with Gasteiger partial charge in [-0.05, 0) is 42.7 Å². The van der Waals surface area contributed by atoms with Gasteiger partial charge in [0.1, 0.15) is 5.75 Å². The first kappa shape index (κ1) is 13.1. The van der Waals surface area contributed by atoms with Gasteiger partial charge in [-0.15, -0.1) is 0 Å². The maximum absolute atomic E-state index is 9.08. The van der Waals surface area contributed by atoms with E-state index < -0.39 is 0 Å². The Morgan fingerprint density at radius 2 is 2.00 bits per heavy atom. The minimum Gasteiger partial charge on any atom is -0.439 e. The highest BCUT2D eigenvalue weighted by Crippen LogP contribution is 2.27. The average Bonchev–Trinajstić information content (AvgIpc) is 2.38. The van der Waals surface area contributed by atoms with Crippen molar-refractivity contribution in [3.63, 3.8) is 0 Å². The third kappa shape index (κ3) is 3.11. The first-order valence-corrected chi connectivity index (χ1v) is 6.25. The van der Waals surface area contributed by atoms with E-state index in [1.165, 1.54) is 0 Å². The van der Waals surface area contributed by atoms with E-state index in [1.807, 2.05) is 31.2 Å². The number of aromatic nitrogens is 1. The van der Waals surface area contributed by atoms with E-state index in [9.17, 15) is 0 Å². The molecule has 2 aromatic rings. The van der Waals surface area contributed by atoms with Crippen molar-refractivity contribution in [1.29, 1.82) is 5.26 Å². The lowest BCUT2D eigenvalue weighted by atomic mass is 9.98. The highest BCUT2D eigenvalue weighted by molar-refractivity contribution is 5.45. The van der Waals surface area contributed by atoms with Crippen molar-refractivity contribution in [2.45, 2.75) is 26.7 Å². The highest BCUT2D eigenvalue weighted by atomic mass is 16.5. The summed E-state index contributed by atoms with van der Waals surface area (Å²) in [7, 11) is 0. The molecule has 3 heteroatoms. The largest absolute Gasteiger partial charge is 0.439 e. The second-order valence-electron chi connectivity index (χ2n) is 4.73. The lowest BCUT2D eigenvalue weighted by Crippen LogP contribution is -1.95. The van der Waals surface area contributed by atoms with Gasteiger partial charge in [0.2, 0.25) is 5.88 Å². The van der Waals surface area contributed by atoms with Gasteiger partial charge in [-0.25, -0.2) is 4.98 Å². The molecule has 2 rings (SSSR count). The van der Waals surface area contributed by atoms with Crippen LogP contribution in [0.15, 0.2) is 36.4 Å². The Morgan fingerprint density at radius 3 is 2.63 bits per heavy atom. The zero-order valence-electron chi connectivity index (χ0n) is 11.3. The van der Waals surface area contributed by atoms with Crippen LogP contribution in [0.2, 0.25) is 0 Å². The van der Waals surface area contributed by atoms with Gasteiger partial charge < -0.3 is 4.74 Å². The molecule has 0 radical (unpaired) electrons. The molecule has 0 atom stereocenters. The molecule has 0 unspecified atom stereocenters. The fraction of sp³-hybridized carbons (Fsp3) is 0.250. The van der Waals surface area contributed by atoms with Gasteiger partial charge in [0.05, 0.1) is 11.6 Å². The maximum atomic E-state index is 9.08. The molecule has 0 aliphatic heterocycles. The zero-order valence-corrected chi connectivity index (χ0v) is 11.3. The van der Waals surface area contributed by atoms with Gasteiger partial charge >= 0.3 is 0 Å². The molecule has 96 valence electrons. The fourth-order valence-corrected chi connectivity index (χ4v) is 1.88. The van der Waals surface area contributed by atoms with Crippen molar-refractivity contribution >= 4 is 0 Å². The van der Waals surface area contributed by atoms with Crippen LogP contribution in [0, 0.1) is 18.3 Å². The Balaban J connectivity index is 2.32. The van der Waals surface area contributed by atoms with Crippen LogP contribution in [0.25, 0.3) is 0 Å². The number of aryl methyl sites for hydroxylation is 1. The van der Waals surface area contributed by atoms with Crippen LogP contribution in [-0.4, -0.2) is 4.98 Å². The summed E-state index contributed by atoms with van der Waals surface area (Å²) in [6.45, 7) is 6.04. The van der Waals surface area contributed by atoms with Crippen LogP contribution in [0.1, 0.15) is 36.6 Å². The number of nitriles is 1. The van der Waals surface area contributed by atoms with Crippen LogP contribution in [0.3, 0.4) is 0 Å². The molecule has 0 bridgehead atoms. The number of hydrogen-bond donors (Lipinski definition) is 0. The van der Waals surface area contributed by atoms with Crippen molar-refractivity contribution in [2.24, 2.45) is 0 Å². The average molecular weight is 252 g/mol. The summed E-state index contributed by atoms with van der Waals surface area (Å²) in [5.74, 6) is 1.56. The monoisotopic (exact) mass is 252 g/mol. The number of hydrogen-bond acceptors (Lipinski definition) is 3. The van der Waals surface area contributed by atoms with Gasteiger partial charge in [-0.3, -0.25) is 0 Å². The van der Waals surface area contributed by atoms with Crippen LogP contribution in [-0.2, 0) is 0 Å². The molecule has 0 N–H and O–H groups in total. The predicted octanol–water partition coefficient (Wildman–Crippen LogP) is 4.18. The summed E-state index contributed by atoms with van der Waals surface area (Å²) in [6, 6.07) is 13.4. The summed E-state index contributed by atoms with van der Waals surface area (Å²) < 4.78 is 5.73. The van der Waals surface area contributed by atoms with Crippen LogP contribution in [0.5, 0.6) is 11.6 Å². The number of ether oxygens (including phenoxy) is 1. The molecule has 0 aliphatic rings. The Bertz CT molecular complexity index is 627. The quantitative estimate of drug-likeness (QED) is 0.823. The van der Waals surface area contributed by atoms with Crippen molar-refractivity contribution in [1.82, 2.24) is 4.98 Å². The molecule has 0 spiro atoms. The number of nitrogens with zero attached hydrogens (tertiary/aromatic N) is 2. The van der Waals surface area contributed by atoms with Gasteiger partial charge in [0.25, 0.3) is 0 Å². The summed E-state index contributed by atoms with van der Waals surface area (Å²) in [4.78, 5) is 4.30. The van der Waals surface area contributed by atoms with E-state index in [0.29, 0.717) is 17.2 Å². The summed E-state index contributed by atoms with van der Waals surface area (Å²) >= 11 is 0. The molecule has 0 saturated heterocycles. The predicted molar refractivity (Wildman–Crippen MR) is 74.3 cm³/mol. The molecule has 0 saturated carbocycles. The topological polar surface area (TPSA) is 45.9 Å². The SMILES string of the molecule is Cc1cccc(Oc2ccc(C#N)c(C(C)C)c2)n1. The maximum Gasteiger partial charge on any atom is 0.219 e. The zero-order chi connectivity index (χ0) is 13.8. The molecule has 0 amide bonds. The number of rotatable bonds is 3. The molecule has 0 aliphatic carbocycles. The summed E-state index contributed by atoms with van der Waals surface area (Å²) in [5, 5.41) is 9.08. The van der Waals surface area contributed by atoms with E-state index in [-0.39, 0.29) is 5.92 Å². The molecular formula is C16H16N2O. The molecule has 19 heavy (non-hydrogen) atoms. The van der Waals surface area contributed by atoms with Crippen LogP contribution in [0.4, 0.5) is 0 Å². The molecule has 1 aromatic carbocycles. The van der Waals surface area contributed by atoms with Gasteiger partial charge in [-0.2, -0.15) is 5.26 Å². The molecule has 3 nitrogen and oxygen atoms in total. The van der Waals surface area contributed by atoms with Gasteiger partial charge in [0.15, 0.2) is 0 Å². The number of benzene rings is 1. The normalized spacial score (nSPS) is 10.3. The second kappa shape index (κ2) is 5.53. The van der Waals surface area contributed by atoms with E-state index in [1.54, 1.807) is 12.1 Å². The van der Waals surface area contributed by atoms with Crippen LogP contribution >= 0.6 is 0 Å². The van der Waals surface area contributed by atoms with Crippen molar-refractivity contribution in [2.75, 3.05) is 0 Å². The first-order chi connectivity index (χ1) is 9.10. The van der Waals surface area contributed by atoms with E-state index in [0.717, 1.165) is 11.3 Å². The Labute approximate surface area is 113 Å². The molecular weight excluding hydrogens is 236 g/mol.